The van der Waals surface area contributed by atoms with Crippen LogP contribution in [-0.4, -0.2) is 38.5 Å². The van der Waals surface area contributed by atoms with Crippen LogP contribution >= 0.6 is 0 Å². The number of carbonyl (C=O) groups excluding carboxylic acids is 1. The quantitative estimate of drug-likeness (QED) is 0.113. The largest absolute Gasteiger partial charge is 0 e. The molecule has 173 valence electrons. The average molecular weight is 706 g/mol. The van der Waals surface area contributed by atoms with Crippen LogP contribution in [0.15, 0.2) is 72.6 Å². The Morgan fingerprint density at radius 2 is 1.76 bits per heavy atom. The minimum absolute atomic E-state index is 0. The number of pyridine rings is 1. The molecule has 0 saturated carbocycles. The summed E-state index contributed by atoms with van der Waals surface area (Å²) in [5.41, 5.74) is 2.38. The predicted molar refractivity (Wildman–Crippen MR) is 142 cm³/mol. The maximum atomic E-state index is 10.0. The number of nitrogens with zero attached hydrogens (tertiary/aromatic N) is 1. The number of ketones is 1. The molecular weight excluding hydrogens is 682 g/mol. The number of aliphatic hydroxyl groups is 1. The molecule has 6 heteroatoms. The van der Waals surface area contributed by atoms with E-state index in [2.05, 4.69) is 73.8 Å². The molecule has 1 N–H and O–H groups in total. The van der Waals surface area contributed by atoms with Crippen LogP contribution in [-0.2, 0) is 24.9 Å². The molecule has 1 aliphatic heterocycles. The van der Waals surface area contributed by atoms with E-state index < -0.39 is 8.07 Å². The fourth-order valence-electron chi connectivity index (χ4n) is 4.93. The molecule has 3 aromatic carbocycles. The Hall–Kier alpha value is -2.33. The minimum atomic E-state index is -1.91. The van der Waals surface area contributed by atoms with Gasteiger partial charge in [0.1, 0.15) is 0 Å². The van der Waals surface area contributed by atoms with Gasteiger partial charge in [0.05, 0.1) is 5.76 Å². The molecule has 0 unspecified atom stereocenters. The molecule has 1 aliphatic rings. The van der Waals surface area contributed by atoms with E-state index in [0.717, 1.165) is 5.69 Å². The summed E-state index contributed by atoms with van der Waals surface area (Å²) in [5.74, 6) is -0.0625. The molecule has 6 rings (SSSR count). The van der Waals surface area contributed by atoms with Gasteiger partial charge in [-0.25, -0.2) is 0 Å². The van der Waals surface area contributed by atoms with Crippen molar-refractivity contribution in [2.45, 2.75) is 26.9 Å². The molecule has 0 saturated heterocycles. The first-order valence-electron chi connectivity index (χ1n) is 10.9. The van der Waals surface area contributed by atoms with Crippen LogP contribution in [0.2, 0.25) is 13.1 Å². The zero-order valence-corrected chi connectivity index (χ0v) is 24.5. The molecule has 0 atom stereocenters. The third-order valence-corrected chi connectivity index (χ3v) is 12.1. The van der Waals surface area contributed by atoms with Gasteiger partial charge in [-0.3, -0.25) is 4.79 Å². The minimum Gasteiger partial charge on any atom is 0 e. The van der Waals surface area contributed by atoms with Gasteiger partial charge in [-0.2, -0.15) is 0 Å². The number of aliphatic hydroxyl groups excluding tert-OH is 1. The Morgan fingerprint density at radius 1 is 1.03 bits per heavy atom. The average Bonchev–Trinajstić information content (AvgIpc) is 3.12. The summed E-state index contributed by atoms with van der Waals surface area (Å²) in [7, 11) is -1.91. The topological polar surface area (TPSA) is 50.2 Å². The van der Waals surface area contributed by atoms with Crippen molar-refractivity contribution in [2.24, 2.45) is 0 Å². The second-order valence-electron chi connectivity index (χ2n) is 8.96. The molecule has 2 aromatic heterocycles. The Labute approximate surface area is 219 Å². The Morgan fingerprint density at radius 3 is 2.47 bits per heavy atom. The van der Waals surface area contributed by atoms with E-state index >= 15 is 0 Å². The first-order chi connectivity index (χ1) is 15.8. The summed E-state index contributed by atoms with van der Waals surface area (Å²) in [4.78, 5) is 15.0. The SMILES string of the molecule is CC(=O)/C=C(/C)O.C[Si]1(C)c2c(ncc3ccccc23)-c2[c-]ccc3[se]c4cccc1c4c23.[Ir]. The van der Waals surface area contributed by atoms with E-state index in [1.807, 2.05) is 6.20 Å². The maximum absolute atomic E-state index is 10.0. The van der Waals surface area contributed by atoms with Crippen molar-refractivity contribution in [2.75, 3.05) is 0 Å². The van der Waals surface area contributed by atoms with Crippen LogP contribution in [0.1, 0.15) is 13.8 Å². The van der Waals surface area contributed by atoms with Gasteiger partial charge in [0.15, 0.2) is 5.78 Å². The fraction of sp³-hybridized carbons (Fsp3) is 0.143. The predicted octanol–water partition coefficient (Wildman–Crippen LogP) is 5.24. The van der Waals surface area contributed by atoms with Gasteiger partial charge in [0, 0.05) is 26.2 Å². The van der Waals surface area contributed by atoms with Gasteiger partial charge in [-0.05, 0) is 13.8 Å². The summed E-state index contributed by atoms with van der Waals surface area (Å²) in [5, 5.41) is 16.9. The van der Waals surface area contributed by atoms with Crippen LogP contribution in [0.3, 0.4) is 0 Å². The van der Waals surface area contributed by atoms with E-state index in [1.165, 1.54) is 60.7 Å². The standard InChI is InChI=1S/C23H16NSeSi.C5H8O2.Ir/c1-26(2)19-12-6-11-18-21(19)20-16(9-5-10-17(20)25-18)22-23(26)15-8-4-3-7-14(15)13-24-22;1-4(6)3-5(2)7;/h3-8,10-13H,1-2H3;3,6H,1-2H3;/q-1;;/b;4-3-;. The van der Waals surface area contributed by atoms with Crippen LogP contribution in [0, 0.1) is 6.07 Å². The molecule has 0 spiro atoms. The van der Waals surface area contributed by atoms with Crippen LogP contribution < -0.4 is 10.4 Å². The molecule has 0 bridgehead atoms. The van der Waals surface area contributed by atoms with E-state index in [9.17, 15) is 4.79 Å². The van der Waals surface area contributed by atoms with E-state index in [1.54, 1.807) is 5.19 Å². The second kappa shape index (κ2) is 9.37. The van der Waals surface area contributed by atoms with Gasteiger partial charge in [-0.15, -0.1) is 0 Å². The number of hydrogen-bond acceptors (Lipinski definition) is 3. The molecule has 0 fully saturated rings. The zero-order valence-electron chi connectivity index (χ0n) is 19.4. The molecule has 1 radical (unpaired) electrons. The Balaban J connectivity index is 0.000000303. The normalized spacial score (nSPS) is 13.7. The zero-order chi connectivity index (χ0) is 23.3. The Kier molecular flexibility index (Phi) is 6.83. The monoisotopic (exact) mass is 707 g/mol. The summed E-state index contributed by atoms with van der Waals surface area (Å²) in [6, 6.07) is 23.6. The Bertz CT molecular complexity index is 1600. The summed E-state index contributed by atoms with van der Waals surface area (Å²) < 4.78 is 3.02. The number of hydrogen-bond donors (Lipinski definition) is 1. The van der Waals surface area contributed by atoms with Gasteiger partial charge < -0.3 is 5.11 Å². The van der Waals surface area contributed by atoms with E-state index in [0.29, 0.717) is 14.5 Å². The third kappa shape index (κ3) is 4.04. The van der Waals surface area contributed by atoms with Crippen LogP contribution in [0.25, 0.3) is 41.3 Å². The van der Waals surface area contributed by atoms with Crippen molar-refractivity contribution in [1.82, 2.24) is 4.98 Å². The van der Waals surface area contributed by atoms with Crippen molar-refractivity contribution in [3.8, 4) is 11.3 Å². The van der Waals surface area contributed by atoms with Gasteiger partial charge in [0.2, 0.25) is 0 Å². The van der Waals surface area contributed by atoms with Gasteiger partial charge >= 0.3 is 159 Å². The maximum Gasteiger partial charge on any atom is 0 e. The van der Waals surface area contributed by atoms with Crippen molar-refractivity contribution in [3.05, 3.63) is 78.7 Å². The van der Waals surface area contributed by atoms with Gasteiger partial charge in [-0.1, -0.05) is 0 Å². The number of benzene rings is 3. The summed E-state index contributed by atoms with van der Waals surface area (Å²) >= 11 is 0.392. The van der Waals surface area contributed by atoms with E-state index in [-0.39, 0.29) is 31.6 Å². The van der Waals surface area contributed by atoms with Crippen molar-refractivity contribution < 1.29 is 30.0 Å². The van der Waals surface area contributed by atoms with Crippen LogP contribution in [0.5, 0.6) is 0 Å². The molecule has 0 amide bonds. The van der Waals surface area contributed by atoms with Crippen molar-refractivity contribution >= 4 is 68.8 Å². The van der Waals surface area contributed by atoms with Crippen LogP contribution in [0.4, 0.5) is 0 Å². The number of carbonyl (C=O) groups is 1. The number of aromatic nitrogens is 1. The van der Waals surface area contributed by atoms with Gasteiger partial charge in [0.25, 0.3) is 0 Å². The molecule has 34 heavy (non-hydrogen) atoms. The summed E-state index contributed by atoms with van der Waals surface area (Å²) in [6.45, 7) is 7.83. The second-order valence-corrected chi connectivity index (χ2v) is 15.5. The first kappa shape index (κ1) is 24.8. The molecule has 3 heterocycles. The fourth-order valence-corrected chi connectivity index (χ4v) is 10.9. The first-order valence-corrected chi connectivity index (χ1v) is 15.6. The van der Waals surface area contributed by atoms with Crippen molar-refractivity contribution in [1.29, 1.82) is 0 Å². The smallest absolute Gasteiger partial charge is 0 e. The molecule has 3 nitrogen and oxygen atoms in total. The number of fused-ring (bicyclic) bond motifs is 4. The number of rotatable bonds is 1. The molecule has 0 aliphatic carbocycles. The molecule has 5 aromatic rings. The third-order valence-electron chi connectivity index (χ3n) is 6.20. The summed E-state index contributed by atoms with van der Waals surface area (Å²) in [6.07, 6.45) is 3.21. The van der Waals surface area contributed by atoms with Crippen molar-refractivity contribution in [3.63, 3.8) is 0 Å². The number of allylic oxidation sites excluding steroid dienone is 2. The van der Waals surface area contributed by atoms with E-state index in [4.69, 9.17) is 10.1 Å². The molecular formula is C28H24IrNO2SeSi-.